The van der Waals surface area contributed by atoms with Crippen molar-refractivity contribution in [3.05, 3.63) is 176 Å². The van der Waals surface area contributed by atoms with Gasteiger partial charge < -0.3 is 9.32 Å². The average Bonchev–Trinajstić information content (AvgIpc) is 3.92. The molecular formula is C50H29NOS2. The third-order valence-electron chi connectivity index (χ3n) is 11.0. The monoisotopic (exact) mass is 723 g/mol. The van der Waals surface area contributed by atoms with Crippen LogP contribution in [-0.4, -0.2) is 0 Å². The lowest BCUT2D eigenvalue weighted by Gasteiger charge is -2.26. The molecule has 0 aliphatic carbocycles. The van der Waals surface area contributed by atoms with Crippen LogP contribution in [0.2, 0.25) is 0 Å². The number of anilines is 3. The van der Waals surface area contributed by atoms with E-state index < -0.39 is 0 Å². The number of rotatable bonds is 4. The Morgan fingerprint density at radius 1 is 0.370 bits per heavy atom. The zero-order chi connectivity index (χ0) is 35.3. The summed E-state index contributed by atoms with van der Waals surface area (Å²) in [6, 6.07) is 64.3. The van der Waals surface area contributed by atoms with Gasteiger partial charge in [-0.05, 0) is 100 Å². The Morgan fingerprint density at radius 2 is 0.981 bits per heavy atom. The van der Waals surface area contributed by atoms with Crippen LogP contribution in [0.5, 0.6) is 0 Å². The quantitative estimate of drug-likeness (QED) is 0.180. The van der Waals surface area contributed by atoms with Gasteiger partial charge in [0.05, 0.1) is 0 Å². The van der Waals surface area contributed by atoms with E-state index in [0.29, 0.717) is 0 Å². The molecule has 0 N–H and O–H groups in total. The fraction of sp³-hybridized carbons (Fsp3) is 0. The Bertz CT molecular complexity index is 3450. The van der Waals surface area contributed by atoms with Gasteiger partial charge in [0.25, 0.3) is 0 Å². The van der Waals surface area contributed by atoms with E-state index in [-0.39, 0.29) is 0 Å². The number of fused-ring (bicyclic) bond motifs is 13. The average molecular weight is 724 g/mol. The van der Waals surface area contributed by atoms with Gasteiger partial charge in [-0.2, -0.15) is 0 Å². The minimum Gasteiger partial charge on any atom is -0.455 e. The second-order valence-electron chi connectivity index (χ2n) is 14.0. The molecule has 9 aromatic carbocycles. The molecule has 252 valence electrons. The van der Waals surface area contributed by atoms with Crippen LogP contribution in [0.15, 0.2) is 180 Å². The summed E-state index contributed by atoms with van der Waals surface area (Å²) in [6.45, 7) is 0. The van der Waals surface area contributed by atoms with Crippen LogP contribution in [0.25, 0.3) is 95.0 Å². The van der Waals surface area contributed by atoms with E-state index in [9.17, 15) is 0 Å². The largest absolute Gasteiger partial charge is 0.455 e. The predicted octanol–water partition coefficient (Wildman–Crippen LogP) is 15.8. The van der Waals surface area contributed by atoms with Crippen LogP contribution in [0.1, 0.15) is 0 Å². The maximum atomic E-state index is 6.65. The van der Waals surface area contributed by atoms with Crippen molar-refractivity contribution in [2.75, 3.05) is 4.90 Å². The first-order valence-electron chi connectivity index (χ1n) is 18.2. The van der Waals surface area contributed by atoms with E-state index in [2.05, 4.69) is 181 Å². The molecule has 2 nitrogen and oxygen atoms in total. The van der Waals surface area contributed by atoms with Gasteiger partial charge in [0.1, 0.15) is 11.2 Å². The predicted molar refractivity (Wildman–Crippen MR) is 235 cm³/mol. The summed E-state index contributed by atoms with van der Waals surface area (Å²) < 4.78 is 11.8. The zero-order valence-electron chi connectivity index (χ0n) is 28.9. The summed E-state index contributed by atoms with van der Waals surface area (Å²) in [7, 11) is 0. The van der Waals surface area contributed by atoms with E-state index in [1.165, 1.54) is 73.0 Å². The van der Waals surface area contributed by atoms with E-state index >= 15 is 0 Å². The first kappa shape index (κ1) is 30.0. The third kappa shape index (κ3) is 4.45. The first-order chi connectivity index (χ1) is 26.7. The summed E-state index contributed by atoms with van der Waals surface area (Å²) in [5.41, 5.74) is 7.69. The lowest BCUT2D eigenvalue weighted by molar-refractivity contribution is 0.673. The molecule has 0 saturated carbocycles. The van der Waals surface area contributed by atoms with Crippen molar-refractivity contribution in [3.8, 4) is 11.1 Å². The third-order valence-corrected chi connectivity index (χ3v) is 13.3. The Balaban J connectivity index is 1.09. The van der Waals surface area contributed by atoms with Crippen LogP contribution in [-0.2, 0) is 0 Å². The van der Waals surface area contributed by atoms with Crippen molar-refractivity contribution in [2.45, 2.75) is 0 Å². The van der Waals surface area contributed by atoms with Crippen molar-refractivity contribution < 1.29 is 4.42 Å². The molecule has 0 fully saturated rings. The molecule has 0 unspecified atom stereocenters. The minimum atomic E-state index is 0.926. The fourth-order valence-corrected chi connectivity index (χ4v) is 10.7. The Kier molecular flexibility index (Phi) is 6.41. The van der Waals surface area contributed by atoms with Gasteiger partial charge in [-0.15, -0.1) is 22.7 Å². The maximum Gasteiger partial charge on any atom is 0.143 e. The Morgan fingerprint density at radius 3 is 1.81 bits per heavy atom. The minimum absolute atomic E-state index is 0.926. The molecule has 54 heavy (non-hydrogen) atoms. The summed E-state index contributed by atoms with van der Waals surface area (Å²) >= 11 is 3.71. The highest BCUT2D eigenvalue weighted by molar-refractivity contribution is 7.26. The molecule has 0 amide bonds. The fourth-order valence-electron chi connectivity index (χ4n) is 8.56. The first-order valence-corrected chi connectivity index (χ1v) is 19.9. The highest BCUT2D eigenvalue weighted by Crippen LogP contribution is 2.47. The molecule has 0 saturated heterocycles. The maximum absolute atomic E-state index is 6.65. The van der Waals surface area contributed by atoms with Gasteiger partial charge in [-0.25, -0.2) is 0 Å². The van der Waals surface area contributed by atoms with Crippen LogP contribution >= 0.6 is 22.7 Å². The Labute approximate surface area is 318 Å². The smallest absolute Gasteiger partial charge is 0.143 e. The van der Waals surface area contributed by atoms with Crippen molar-refractivity contribution in [1.82, 2.24) is 0 Å². The molecule has 3 heterocycles. The molecule has 0 radical (unpaired) electrons. The number of hydrogen-bond donors (Lipinski definition) is 0. The van der Waals surface area contributed by atoms with Crippen molar-refractivity contribution >= 4 is 124 Å². The van der Waals surface area contributed by atoms with Crippen molar-refractivity contribution in [2.24, 2.45) is 0 Å². The van der Waals surface area contributed by atoms with Gasteiger partial charge in [0.2, 0.25) is 0 Å². The lowest BCUT2D eigenvalue weighted by Crippen LogP contribution is -2.09. The molecule has 0 aliphatic rings. The second kappa shape index (κ2) is 11.5. The Hall–Kier alpha value is -6.46. The van der Waals surface area contributed by atoms with Gasteiger partial charge in [-0.3, -0.25) is 0 Å². The molecule has 12 rings (SSSR count). The summed E-state index contributed by atoms with van der Waals surface area (Å²) in [5, 5.41) is 12.3. The number of benzene rings is 9. The molecule has 0 aliphatic heterocycles. The lowest BCUT2D eigenvalue weighted by atomic mass is 9.98. The molecule has 12 aromatic rings. The van der Waals surface area contributed by atoms with Crippen LogP contribution in [0, 0.1) is 0 Å². The second-order valence-corrected chi connectivity index (χ2v) is 16.2. The van der Waals surface area contributed by atoms with Crippen molar-refractivity contribution in [1.29, 1.82) is 0 Å². The molecule has 0 atom stereocenters. The molecule has 4 heteroatoms. The SMILES string of the molecule is c1ccc2c(-c3ccc(N(c4ccc5sc6ccccc6c5c4)c4ccc5sc6ccc7oc8c9ccccc9ccc8c7c6c5c4)cc3)cccc2c1. The van der Waals surface area contributed by atoms with Gasteiger partial charge in [0, 0.05) is 73.6 Å². The molecular weight excluding hydrogens is 695 g/mol. The summed E-state index contributed by atoms with van der Waals surface area (Å²) in [5.74, 6) is 0. The van der Waals surface area contributed by atoms with Crippen LogP contribution < -0.4 is 4.90 Å². The van der Waals surface area contributed by atoms with Crippen molar-refractivity contribution in [3.63, 3.8) is 0 Å². The van der Waals surface area contributed by atoms with Crippen LogP contribution in [0.3, 0.4) is 0 Å². The van der Waals surface area contributed by atoms with E-state index in [1.54, 1.807) is 0 Å². The standard InChI is InChI=1S/C50H29NOS2/c1-3-11-36-30(8-1)10-7-14-37(36)32-16-19-33(20-17-32)51(34-21-25-45-41(28-34)39-13-5-6-15-44(39)53-45)35-22-26-46-42(29-35)49-47(54-46)27-24-43-48(49)40-23-18-31-9-2-4-12-38(31)50(40)52-43/h1-29H. The van der Waals surface area contributed by atoms with E-state index in [1.807, 2.05) is 22.7 Å². The topological polar surface area (TPSA) is 16.4 Å². The molecule has 3 aromatic heterocycles. The van der Waals surface area contributed by atoms with Gasteiger partial charge >= 0.3 is 0 Å². The highest BCUT2D eigenvalue weighted by Gasteiger charge is 2.20. The number of nitrogens with zero attached hydrogens (tertiary/aromatic N) is 1. The number of thiophene rings is 2. The number of furan rings is 1. The van der Waals surface area contributed by atoms with E-state index in [0.717, 1.165) is 39.0 Å². The summed E-state index contributed by atoms with van der Waals surface area (Å²) in [4.78, 5) is 2.42. The van der Waals surface area contributed by atoms with Gasteiger partial charge in [0.15, 0.2) is 0 Å². The van der Waals surface area contributed by atoms with Crippen LogP contribution in [0.4, 0.5) is 17.1 Å². The summed E-state index contributed by atoms with van der Waals surface area (Å²) in [6.07, 6.45) is 0. The van der Waals surface area contributed by atoms with Gasteiger partial charge in [-0.1, -0.05) is 103 Å². The highest BCUT2D eigenvalue weighted by atomic mass is 32.1. The number of hydrogen-bond acceptors (Lipinski definition) is 4. The molecule has 0 bridgehead atoms. The van der Waals surface area contributed by atoms with E-state index in [4.69, 9.17) is 4.42 Å². The normalized spacial score (nSPS) is 12.1. The zero-order valence-corrected chi connectivity index (χ0v) is 30.5. The molecule has 0 spiro atoms.